The number of aliphatic hydroxyl groups is 1. The highest BCUT2D eigenvalue weighted by Crippen LogP contribution is 2.33. The molecule has 0 unspecified atom stereocenters. The Hall–Kier alpha value is -2.50. The molecule has 178 valence electrons. The molecular formula is C22H31N7O3S. The minimum atomic E-state index is -3.42. The monoisotopic (exact) mass is 473 g/mol. The SMILES string of the molecule is CN(c1ncnc2[nH]ccc12)C1CCC(CS(=O)(=O)N2CC[C@@](O)(Cn3cccn3)C2)CC1. The lowest BCUT2D eigenvalue weighted by molar-refractivity contribution is 0.0346. The number of hydrogen-bond acceptors (Lipinski definition) is 7. The zero-order valence-electron chi connectivity index (χ0n) is 18.8. The third kappa shape index (κ3) is 4.62. The van der Waals surface area contributed by atoms with Crippen LogP contribution in [0.5, 0.6) is 0 Å². The molecule has 1 atom stereocenters. The molecule has 2 aliphatic rings. The second-order valence-electron chi connectivity index (χ2n) is 9.51. The Kier molecular flexibility index (Phi) is 5.87. The van der Waals surface area contributed by atoms with E-state index in [1.165, 1.54) is 4.31 Å². The van der Waals surface area contributed by atoms with E-state index in [2.05, 4.69) is 32.0 Å². The molecule has 4 heterocycles. The third-order valence-electron chi connectivity index (χ3n) is 7.18. The molecular weight excluding hydrogens is 442 g/mol. The van der Waals surface area contributed by atoms with Gasteiger partial charge in [-0.25, -0.2) is 18.4 Å². The lowest BCUT2D eigenvalue weighted by atomic mass is 9.86. The number of anilines is 1. The molecule has 1 aliphatic heterocycles. The number of aromatic nitrogens is 5. The molecule has 1 aliphatic carbocycles. The average molecular weight is 474 g/mol. The summed E-state index contributed by atoms with van der Waals surface area (Å²) < 4.78 is 29.3. The van der Waals surface area contributed by atoms with Crippen LogP contribution in [-0.4, -0.2) is 80.1 Å². The fourth-order valence-corrected chi connectivity index (χ4v) is 7.24. The highest BCUT2D eigenvalue weighted by atomic mass is 32.2. The number of rotatable bonds is 7. The van der Waals surface area contributed by atoms with Crippen LogP contribution in [0.25, 0.3) is 11.0 Å². The van der Waals surface area contributed by atoms with Gasteiger partial charge < -0.3 is 15.0 Å². The van der Waals surface area contributed by atoms with Crippen molar-refractivity contribution in [1.82, 2.24) is 29.0 Å². The number of aromatic amines is 1. The van der Waals surface area contributed by atoms with Gasteiger partial charge in [0.1, 0.15) is 17.8 Å². The first-order chi connectivity index (χ1) is 15.8. The van der Waals surface area contributed by atoms with Crippen molar-refractivity contribution < 1.29 is 13.5 Å². The maximum absolute atomic E-state index is 13.1. The summed E-state index contributed by atoms with van der Waals surface area (Å²) in [6.45, 7) is 0.799. The van der Waals surface area contributed by atoms with Crippen molar-refractivity contribution in [3.63, 3.8) is 0 Å². The van der Waals surface area contributed by atoms with Gasteiger partial charge in [0.15, 0.2) is 0 Å². The number of fused-ring (bicyclic) bond motifs is 1. The Morgan fingerprint density at radius 1 is 1.27 bits per heavy atom. The van der Waals surface area contributed by atoms with E-state index in [0.29, 0.717) is 25.6 Å². The van der Waals surface area contributed by atoms with E-state index in [4.69, 9.17) is 0 Å². The molecule has 11 heteroatoms. The standard InChI is InChI=1S/C22H31N7O3S/c1-27(21-19-7-10-23-20(19)24-16-25-21)18-5-3-17(4-6-18)13-33(31,32)29-12-8-22(30,15-29)14-28-11-2-9-26-28/h2,7,9-11,16-18,30H,3-6,8,12-15H2,1H3,(H,23,24,25)/t17?,18?,22-/m1/s1. The van der Waals surface area contributed by atoms with Gasteiger partial charge in [-0.15, -0.1) is 0 Å². The first-order valence-corrected chi connectivity index (χ1v) is 13.1. The number of sulfonamides is 1. The van der Waals surface area contributed by atoms with Gasteiger partial charge in [0.05, 0.1) is 23.3 Å². The van der Waals surface area contributed by atoms with Crippen molar-refractivity contribution in [3.05, 3.63) is 37.1 Å². The summed E-state index contributed by atoms with van der Waals surface area (Å²) in [5, 5.41) is 16.0. The van der Waals surface area contributed by atoms with Crippen LogP contribution in [0, 0.1) is 5.92 Å². The molecule has 33 heavy (non-hydrogen) atoms. The fourth-order valence-electron chi connectivity index (χ4n) is 5.30. The van der Waals surface area contributed by atoms with Crippen LogP contribution in [0.15, 0.2) is 37.1 Å². The van der Waals surface area contributed by atoms with E-state index in [1.807, 2.05) is 12.3 Å². The van der Waals surface area contributed by atoms with Gasteiger partial charge in [-0.1, -0.05) is 0 Å². The van der Waals surface area contributed by atoms with E-state index in [0.717, 1.165) is 42.5 Å². The fraction of sp³-hybridized carbons (Fsp3) is 0.591. The Bertz CT molecular complexity index is 1190. The smallest absolute Gasteiger partial charge is 0.214 e. The van der Waals surface area contributed by atoms with E-state index < -0.39 is 15.6 Å². The first kappa shape index (κ1) is 22.3. The second kappa shape index (κ2) is 8.69. The minimum absolute atomic E-state index is 0.133. The lowest BCUT2D eigenvalue weighted by Gasteiger charge is -2.35. The number of hydrogen-bond donors (Lipinski definition) is 2. The highest BCUT2D eigenvalue weighted by molar-refractivity contribution is 7.89. The summed E-state index contributed by atoms with van der Waals surface area (Å²) in [5.41, 5.74) is -0.245. The van der Waals surface area contributed by atoms with Gasteiger partial charge in [-0.3, -0.25) is 4.68 Å². The van der Waals surface area contributed by atoms with Crippen molar-refractivity contribution in [2.75, 3.05) is 30.8 Å². The molecule has 0 aromatic carbocycles. The van der Waals surface area contributed by atoms with Gasteiger partial charge in [0.25, 0.3) is 0 Å². The topological polar surface area (TPSA) is 120 Å². The quantitative estimate of drug-likeness (QED) is 0.535. The van der Waals surface area contributed by atoms with Crippen LogP contribution < -0.4 is 4.90 Å². The third-order valence-corrected chi connectivity index (χ3v) is 9.17. The number of H-pyrrole nitrogens is 1. The van der Waals surface area contributed by atoms with Gasteiger partial charge in [-0.05, 0) is 50.2 Å². The van der Waals surface area contributed by atoms with Crippen LogP contribution in [0.2, 0.25) is 0 Å². The maximum Gasteiger partial charge on any atom is 0.214 e. The van der Waals surface area contributed by atoms with E-state index in [1.54, 1.807) is 29.5 Å². The molecule has 1 saturated heterocycles. The second-order valence-corrected chi connectivity index (χ2v) is 11.5. The van der Waals surface area contributed by atoms with Crippen LogP contribution in [0.4, 0.5) is 5.82 Å². The van der Waals surface area contributed by atoms with Crippen LogP contribution in [-0.2, 0) is 16.6 Å². The molecule has 5 rings (SSSR count). The molecule has 2 fully saturated rings. The number of nitrogens with one attached hydrogen (secondary N) is 1. The predicted octanol–water partition coefficient (Wildman–Crippen LogP) is 1.62. The van der Waals surface area contributed by atoms with E-state index >= 15 is 0 Å². The zero-order valence-corrected chi connectivity index (χ0v) is 19.7. The molecule has 10 nitrogen and oxygen atoms in total. The van der Waals surface area contributed by atoms with Crippen molar-refractivity contribution in [3.8, 4) is 0 Å². The molecule has 2 N–H and O–H groups in total. The Morgan fingerprint density at radius 2 is 2.09 bits per heavy atom. The zero-order chi connectivity index (χ0) is 23.1. The van der Waals surface area contributed by atoms with Crippen molar-refractivity contribution in [2.24, 2.45) is 5.92 Å². The summed E-state index contributed by atoms with van der Waals surface area (Å²) in [4.78, 5) is 14.1. The van der Waals surface area contributed by atoms with Crippen LogP contribution >= 0.6 is 0 Å². The largest absolute Gasteiger partial charge is 0.387 e. The van der Waals surface area contributed by atoms with E-state index in [9.17, 15) is 13.5 Å². The summed E-state index contributed by atoms with van der Waals surface area (Å²) in [7, 11) is -1.36. The maximum atomic E-state index is 13.1. The van der Waals surface area contributed by atoms with Gasteiger partial charge >= 0.3 is 0 Å². The van der Waals surface area contributed by atoms with E-state index in [-0.39, 0.29) is 18.2 Å². The van der Waals surface area contributed by atoms with Crippen LogP contribution in [0.1, 0.15) is 32.1 Å². The van der Waals surface area contributed by atoms with Crippen molar-refractivity contribution >= 4 is 26.9 Å². The van der Waals surface area contributed by atoms with Gasteiger partial charge in [-0.2, -0.15) is 9.40 Å². The molecule has 0 bridgehead atoms. The normalized spacial score (nSPS) is 26.7. The molecule has 3 aromatic rings. The number of β-amino-alcohol motifs (C(OH)–C–C–N with tert-alkyl or cyclic N) is 1. The van der Waals surface area contributed by atoms with Crippen molar-refractivity contribution in [2.45, 2.75) is 50.3 Å². The minimum Gasteiger partial charge on any atom is -0.387 e. The Balaban J connectivity index is 1.17. The first-order valence-electron chi connectivity index (χ1n) is 11.5. The molecule has 3 aromatic heterocycles. The molecule has 0 radical (unpaired) electrons. The van der Waals surface area contributed by atoms with Gasteiger partial charge in [0.2, 0.25) is 10.0 Å². The average Bonchev–Trinajstić information content (AvgIpc) is 3.55. The summed E-state index contributed by atoms with van der Waals surface area (Å²) in [6.07, 6.45) is 10.9. The summed E-state index contributed by atoms with van der Waals surface area (Å²) in [6, 6.07) is 4.11. The molecule has 1 saturated carbocycles. The lowest BCUT2D eigenvalue weighted by Crippen LogP contribution is -2.42. The summed E-state index contributed by atoms with van der Waals surface area (Å²) >= 11 is 0. The highest BCUT2D eigenvalue weighted by Gasteiger charge is 2.42. The molecule has 0 amide bonds. The van der Waals surface area contributed by atoms with Gasteiger partial charge in [0, 0.05) is 44.8 Å². The molecule has 0 spiro atoms. The predicted molar refractivity (Wildman–Crippen MR) is 125 cm³/mol. The van der Waals surface area contributed by atoms with Crippen LogP contribution in [0.3, 0.4) is 0 Å². The Labute approximate surface area is 193 Å². The number of nitrogens with zero attached hydrogens (tertiary/aromatic N) is 6. The Morgan fingerprint density at radius 3 is 2.85 bits per heavy atom. The van der Waals surface area contributed by atoms with Crippen molar-refractivity contribution in [1.29, 1.82) is 0 Å². The summed E-state index contributed by atoms with van der Waals surface area (Å²) in [5.74, 6) is 1.19.